The summed E-state index contributed by atoms with van der Waals surface area (Å²) in [4.78, 5) is 34.6. The van der Waals surface area contributed by atoms with Crippen LogP contribution in [0.15, 0.2) is 41.3 Å². The number of hydrogen-bond acceptors (Lipinski definition) is 5. The fraction of sp³-hybridized carbons (Fsp3) is 0.273. The zero-order chi connectivity index (χ0) is 24.3. The standard InChI is InChI=1S/C22H20ClF3N4O3/c1-22(2,21(27)32)8-11-3-5-13(23)18(19(11)26)20-29-14(7-16(31)30-20)12-4-6-17(28-9-12)33-10-15(24)25/h3-7,9,15H,8,10H2,1-2H3,(H2,27,32)(H,29,30,31). The predicted octanol–water partition coefficient (Wildman–Crippen LogP) is 3.99. The van der Waals surface area contributed by atoms with Crippen molar-refractivity contribution in [3.05, 3.63) is 63.3 Å². The number of alkyl halides is 2. The first kappa shape index (κ1) is 24.2. The Kier molecular flexibility index (Phi) is 7.06. The van der Waals surface area contributed by atoms with Crippen LogP contribution in [-0.2, 0) is 11.2 Å². The maximum Gasteiger partial charge on any atom is 0.272 e. The fourth-order valence-corrected chi connectivity index (χ4v) is 3.24. The van der Waals surface area contributed by atoms with Gasteiger partial charge in [0.15, 0.2) is 6.61 Å². The Bertz CT molecular complexity index is 1230. The molecule has 0 saturated carbocycles. The number of benzene rings is 1. The van der Waals surface area contributed by atoms with E-state index in [1.165, 1.54) is 36.5 Å². The molecule has 3 N–H and O–H groups in total. The van der Waals surface area contributed by atoms with Crippen molar-refractivity contribution in [2.75, 3.05) is 6.61 Å². The molecule has 3 aromatic rings. The van der Waals surface area contributed by atoms with Crippen molar-refractivity contribution in [3.8, 4) is 28.5 Å². The average Bonchev–Trinajstić information content (AvgIpc) is 2.74. The lowest BCUT2D eigenvalue weighted by Crippen LogP contribution is -2.33. The molecule has 0 unspecified atom stereocenters. The Morgan fingerprint density at radius 3 is 2.61 bits per heavy atom. The molecular formula is C22H20ClF3N4O3. The van der Waals surface area contributed by atoms with Gasteiger partial charge in [-0.25, -0.2) is 23.1 Å². The highest BCUT2D eigenvalue weighted by molar-refractivity contribution is 6.33. The Morgan fingerprint density at radius 1 is 1.27 bits per heavy atom. The molecule has 0 aliphatic carbocycles. The number of rotatable bonds is 8. The molecule has 3 rings (SSSR count). The maximum atomic E-state index is 15.4. The lowest BCUT2D eigenvalue weighted by atomic mass is 9.84. The monoisotopic (exact) mass is 480 g/mol. The highest BCUT2D eigenvalue weighted by Crippen LogP contribution is 2.33. The highest BCUT2D eigenvalue weighted by Gasteiger charge is 2.28. The number of nitrogens with zero attached hydrogens (tertiary/aromatic N) is 2. The van der Waals surface area contributed by atoms with Crippen molar-refractivity contribution in [1.29, 1.82) is 0 Å². The molecule has 0 fully saturated rings. The van der Waals surface area contributed by atoms with Gasteiger partial charge in [0.1, 0.15) is 11.6 Å². The Balaban J connectivity index is 2.01. The van der Waals surface area contributed by atoms with Crippen LogP contribution in [-0.4, -0.2) is 33.9 Å². The lowest BCUT2D eigenvalue weighted by molar-refractivity contribution is -0.125. The zero-order valence-electron chi connectivity index (χ0n) is 17.7. The number of carbonyl (C=O) groups excluding carboxylic acids is 1. The number of H-pyrrole nitrogens is 1. The molecule has 0 spiro atoms. The molecule has 0 radical (unpaired) electrons. The molecular weight excluding hydrogens is 461 g/mol. The van der Waals surface area contributed by atoms with E-state index in [0.29, 0.717) is 5.56 Å². The maximum absolute atomic E-state index is 15.4. The van der Waals surface area contributed by atoms with E-state index < -0.39 is 35.7 Å². The Labute approximate surface area is 191 Å². The van der Waals surface area contributed by atoms with Crippen molar-refractivity contribution in [2.45, 2.75) is 26.7 Å². The molecule has 1 amide bonds. The third kappa shape index (κ3) is 5.70. The normalized spacial score (nSPS) is 11.6. The number of primary amides is 1. The molecule has 2 heterocycles. The van der Waals surface area contributed by atoms with Gasteiger partial charge in [-0.3, -0.25) is 9.59 Å². The van der Waals surface area contributed by atoms with E-state index >= 15 is 4.39 Å². The summed E-state index contributed by atoms with van der Waals surface area (Å²) >= 11 is 6.22. The van der Waals surface area contributed by atoms with Gasteiger partial charge in [-0.15, -0.1) is 0 Å². The summed E-state index contributed by atoms with van der Waals surface area (Å²) < 4.78 is 44.8. The third-order valence-corrected chi connectivity index (χ3v) is 5.15. The van der Waals surface area contributed by atoms with Gasteiger partial charge in [-0.05, 0) is 24.1 Å². The second kappa shape index (κ2) is 9.62. The third-order valence-electron chi connectivity index (χ3n) is 4.84. The van der Waals surface area contributed by atoms with Crippen molar-refractivity contribution >= 4 is 17.5 Å². The first-order valence-corrected chi connectivity index (χ1v) is 10.1. The minimum atomic E-state index is -2.65. The van der Waals surface area contributed by atoms with Crippen molar-refractivity contribution in [3.63, 3.8) is 0 Å². The van der Waals surface area contributed by atoms with E-state index in [1.54, 1.807) is 13.8 Å². The van der Waals surface area contributed by atoms with E-state index in [0.717, 1.165) is 0 Å². The van der Waals surface area contributed by atoms with Crippen LogP contribution in [0.25, 0.3) is 22.6 Å². The molecule has 11 heteroatoms. The van der Waals surface area contributed by atoms with Gasteiger partial charge in [0, 0.05) is 29.3 Å². The number of nitrogens with one attached hydrogen (secondary N) is 1. The van der Waals surface area contributed by atoms with E-state index in [1.807, 2.05) is 0 Å². The largest absolute Gasteiger partial charge is 0.472 e. The number of carbonyl (C=O) groups is 1. The van der Waals surface area contributed by atoms with Crippen LogP contribution in [0.4, 0.5) is 13.2 Å². The average molecular weight is 481 g/mol. The van der Waals surface area contributed by atoms with Crippen molar-refractivity contribution in [1.82, 2.24) is 15.0 Å². The second-order valence-electron chi connectivity index (χ2n) is 7.89. The number of halogens is 4. The van der Waals surface area contributed by atoms with Crippen LogP contribution in [0.3, 0.4) is 0 Å². The Hall–Kier alpha value is -3.40. The Morgan fingerprint density at radius 2 is 2.00 bits per heavy atom. The first-order valence-electron chi connectivity index (χ1n) is 9.74. The summed E-state index contributed by atoms with van der Waals surface area (Å²) in [6.45, 7) is 2.37. The predicted molar refractivity (Wildman–Crippen MR) is 117 cm³/mol. The van der Waals surface area contributed by atoms with Gasteiger partial charge in [0.05, 0.1) is 16.3 Å². The van der Waals surface area contributed by atoms with Crippen LogP contribution >= 0.6 is 11.6 Å². The van der Waals surface area contributed by atoms with Gasteiger partial charge in [-0.1, -0.05) is 31.5 Å². The minimum absolute atomic E-state index is 0.00213. The molecule has 0 aliphatic heterocycles. The minimum Gasteiger partial charge on any atom is -0.472 e. The summed E-state index contributed by atoms with van der Waals surface area (Å²) in [6.07, 6.45) is -1.35. The number of ether oxygens (including phenoxy) is 1. The summed E-state index contributed by atoms with van der Waals surface area (Å²) in [5.74, 6) is -1.49. The summed E-state index contributed by atoms with van der Waals surface area (Å²) in [6, 6.07) is 6.88. The van der Waals surface area contributed by atoms with Crippen molar-refractivity contribution < 1.29 is 22.7 Å². The first-order chi connectivity index (χ1) is 15.5. The molecule has 0 bridgehead atoms. The van der Waals surface area contributed by atoms with Gasteiger partial charge >= 0.3 is 0 Å². The van der Waals surface area contributed by atoms with Crippen LogP contribution in [0.2, 0.25) is 5.02 Å². The number of aromatic amines is 1. The molecule has 0 aliphatic rings. The lowest BCUT2D eigenvalue weighted by Gasteiger charge is -2.21. The van der Waals surface area contributed by atoms with Gasteiger partial charge in [0.25, 0.3) is 12.0 Å². The second-order valence-corrected chi connectivity index (χ2v) is 8.29. The van der Waals surface area contributed by atoms with Crippen LogP contribution in [0, 0.1) is 11.2 Å². The van der Waals surface area contributed by atoms with E-state index in [-0.39, 0.29) is 40.0 Å². The number of amides is 1. The van der Waals surface area contributed by atoms with E-state index in [9.17, 15) is 18.4 Å². The molecule has 33 heavy (non-hydrogen) atoms. The summed E-state index contributed by atoms with van der Waals surface area (Å²) in [5.41, 5.74) is 4.36. The quantitative estimate of drug-likeness (QED) is 0.506. The molecule has 7 nitrogen and oxygen atoms in total. The summed E-state index contributed by atoms with van der Waals surface area (Å²) in [7, 11) is 0. The molecule has 0 atom stereocenters. The van der Waals surface area contributed by atoms with Crippen molar-refractivity contribution in [2.24, 2.45) is 11.1 Å². The molecule has 1 aromatic carbocycles. The smallest absolute Gasteiger partial charge is 0.272 e. The highest BCUT2D eigenvalue weighted by atomic mass is 35.5. The molecule has 0 saturated heterocycles. The van der Waals surface area contributed by atoms with Crippen LogP contribution in [0.1, 0.15) is 19.4 Å². The number of hydrogen-bond donors (Lipinski definition) is 2. The van der Waals surface area contributed by atoms with Gasteiger partial charge < -0.3 is 15.5 Å². The number of nitrogens with two attached hydrogens (primary N) is 1. The SMILES string of the molecule is CC(C)(Cc1ccc(Cl)c(-c2nc(-c3ccc(OCC(F)F)nc3)cc(=O)[nH]2)c1F)C(N)=O. The number of pyridine rings is 1. The molecule has 2 aromatic heterocycles. The fourth-order valence-electron chi connectivity index (χ4n) is 3.00. The van der Waals surface area contributed by atoms with Crippen LogP contribution in [0.5, 0.6) is 5.88 Å². The van der Waals surface area contributed by atoms with E-state index in [2.05, 4.69) is 15.0 Å². The van der Waals surface area contributed by atoms with Crippen LogP contribution < -0.4 is 16.0 Å². The van der Waals surface area contributed by atoms with E-state index in [4.69, 9.17) is 22.1 Å². The zero-order valence-corrected chi connectivity index (χ0v) is 18.4. The topological polar surface area (TPSA) is 111 Å². The summed E-state index contributed by atoms with van der Waals surface area (Å²) in [5, 5.41) is 0.00213. The van der Waals surface area contributed by atoms with Gasteiger partial charge in [-0.2, -0.15) is 0 Å². The number of aromatic nitrogens is 3. The van der Waals surface area contributed by atoms with Gasteiger partial charge in [0.2, 0.25) is 11.8 Å². The molecule has 174 valence electrons.